The van der Waals surface area contributed by atoms with Crippen LogP contribution >= 0.6 is 11.6 Å². The van der Waals surface area contributed by atoms with Gasteiger partial charge in [0.1, 0.15) is 6.61 Å². The second-order valence-corrected chi connectivity index (χ2v) is 6.37. The van der Waals surface area contributed by atoms with Crippen molar-refractivity contribution in [3.05, 3.63) is 64.1 Å². The topological polar surface area (TPSA) is 55.8 Å². The number of halogens is 2. The summed E-state index contributed by atoms with van der Waals surface area (Å²) in [5, 5.41) is 13.8. The van der Waals surface area contributed by atoms with Crippen LogP contribution in [0.3, 0.4) is 0 Å². The van der Waals surface area contributed by atoms with Crippen molar-refractivity contribution < 1.29 is 18.7 Å². The van der Waals surface area contributed by atoms with E-state index >= 15 is 0 Å². The van der Waals surface area contributed by atoms with E-state index in [0.717, 1.165) is 15.5 Å². The number of benzene rings is 2. The molecule has 2 aromatic carbocycles. The molecule has 132 valence electrons. The van der Waals surface area contributed by atoms with E-state index in [9.17, 15) is 14.4 Å². The van der Waals surface area contributed by atoms with Crippen molar-refractivity contribution in [3.8, 4) is 5.75 Å². The Labute approximate surface area is 149 Å². The van der Waals surface area contributed by atoms with Crippen LogP contribution in [0.15, 0.2) is 42.5 Å². The molecule has 2 amide bonds. The maximum absolute atomic E-state index is 14.8. The molecule has 1 aliphatic heterocycles. The van der Waals surface area contributed by atoms with Gasteiger partial charge in [-0.1, -0.05) is 29.8 Å². The third-order valence-electron chi connectivity index (χ3n) is 4.09. The van der Waals surface area contributed by atoms with Crippen molar-refractivity contribution >= 4 is 23.3 Å². The average Bonchev–Trinajstić information content (AvgIpc) is 2.78. The fourth-order valence-corrected chi connectivity index (χ4v) is 2.64. The summed E-state index contributed by atoms with van der Waals surface area (Å²) in [5.74, 6) is -0.671. The second kappa shape index (κ2) is 6.51. The number of ether oxygens (including phenoxy) is 1. The summed E-state index contributed by atoms with van der Waals surface area (Å²) in [6.45, 7) is -0.0480. The number of nitrogens with zero attached hydrogens (tertiary/aromatic N) is 3. The molecule has 0 radical (unpaired) electrons. The third-order valence-corrected chi connectivity index (χ3v) is 4.34. The third kappa shape index (κ3) is 3.39. The average molecular weight is 366 g/mol. The Morgan fingerprint density at radius 2 is 1.96 bits per heavy atom. The Balaban J connectivity index is 1.81. The molecule has 0 aliphatic carbocycles. The SMILES string of the molecule is CN1C(=O)N(c2cccc(OCc3ccc(Cl)cc3)c2F)C[N+]1(C)[O-]. The minimum absolute atomic E-state index is 0.00917. The number of urea groups is 1. The van der Waals surface area contributed by atoms with E-state index in [4.69, 9.17) is 16.3 Å². The molecule has 1 aliphatic rings. The molecule has 1 heterocycles. The van der Waals surface area contributed by atoms with Crippen LogP contribution in [0.25, 0.3) is 0 Å². The molecule has 0 bridgehead atoms. The van der Waals surface area contributed by atoms with Gasteiger partial charge in [-0.2, -0.15) is 5.01 Å². The maximum Gasteiger partial charge on any atom is 0.373 e. The first-order valence-corrected chi connectivity index (χ1v) is 7.95. The van der Waals surface area contributed by atoms with Gasteiger partial charge in [0.05, 0.1) is 19.8 Å². The molecule has 6 nitrogen and oxygen atoms in total. The number of carbonyl (C=O) groups is 1. The zero-order valence-corrected chi connectivity index (χ0v) is 14.5. The summed E-state index contributed by atoms with van der Waals surface area (Å²) < 4.78 is 19.4. The lowest BCUT2D eigenvalue weighted by molar-refractivity contribution is -0.950. The summed E-state index contributed by atoms with van der Waals surface area (Å²) in [4.78, 5) is 13.3. The van der Waals surface area contributed by atoms with Crippen LogP contribution in [0, 0.1) is 11.0 Å². The monoisotopic (exact) mass is 365 g/mol. The Morgan fingerprint density at radius 1 is 1.28 bits per heavy atom. The van der Waals surface area contributed by atoms with Crippen LogP contribution in [0.1, 0.15) is 5.56 Å². The summed E-state index contributed by atoms with van der Waals surface area (Å²) in [5.41, 5.74) is 0.846. The van der Waals surface area contributed by atoms with E-state index in [1.807, 2.05) is 0 Å². The highest BCUT2D eigenvalue weighted by Gasteiger charge is 2.41. The summed E-state index contributed by atoms with van der Waals surface area (Å²) in [6.07, 6.45) is 0. The molecule has 0 aromatic heterocycles. The number of rotatable bonds is 4. The van der Waals surface area contributed by atoms with Crippen molar-refractivity contribution in [1.29, 1.82) is 0 Å². The Hall–Kier alpha value is -2.35. The highest BCUT2D eigenvalue weighted by molar-refractivity contribution is 6.30. The largest absolute Gasteiger partial charge is 0.605 e. The fraction of sp³-hybridized carbons (Fsp3) is 0.235. The second-order valence-electron chi connectivity index (χ2n) is 5.93. The zero-order chi connectivity index (χ0) is 18.2. The van der Waals surface area contributed by atoms with E-state index in [-0.39, 0.29) is 24.7 Å². The molecule has 3 rings (SSSR count). The van der Waals surface area contributed by atoms with E-state index in [1.54, 1.807) is 30.3 Å². The number of hydroxylamine groups is 2. The van der Waals surface area contributed by atoms with Gasteiger partial charge >= 0.3 is 6.03 Å². The Kier molecular flexibility index (Phi) is 4.55. The van der Waals surface area contributed by atoms with Crippen molar-refractivity contribution in [2.24, 2.45) is 0 Å². The standard InChI is InChI=1S/C17H17ClFN3O3/c1-20-17(23)21(11-22(20,2)24)14-4-3-5-15(16(14)19)25-10-12-6-8-13(18)9-7-12/h3-9H,10-11H2,1-2H3. The lowest BCUT2D eigenvalue weighted by atomic mass is 10.2. The van der Waals surface area contributed by atoms with Gasteiger partial charge in [-0.05, 0) is 29.8 Å². The highest BCUT2D eigenvalue weighted by Crippen LogP contribution is 2.32. The van der Waals surface area contributed by atoms with Gasteiger partial charge in [0.15, 0.2) is 18.2 Å². The molecule has 25 heavy (non-hydrogen) atoms. The highest BCUT2D eigenvalue weighted by atomic mass is 35.5. The van der Waals surface area contributed by atoms with E-state index in [1.165, 1.54) is 26.2 Å². The molecule has 1 saturated heterocycles. The number of carbonyl (C=O) groups excluding carboxylic acids is 1. The van der Waals surface area contributed by atoms with Crippen LogP contribution in [0.5, 0.6) is 5.75 Å². The van der Waals surface area contributed by atoms with E-state index in [0.29, 0.717) is 5.02 Å². The molecule has 2 aromatic rings. The quantitative estimate of drug-likeness (QED) is 0.612. The molecule has 1 atom stereocenters. The molecule has 0 N–H and O–H groups in total. The lowest BCUT2D eigenvalue weighted by Crippen LogP contribution is -2.46. The molecular formula is C17H17ClFN3O3. The Bertz CT molecular complexity index is 798. The fourth-order valence-electron chi connectivity index (χ4n) is 2.51. The first kappa shape index (κ1) is 17.5. The van der Waals surface area contributed by atoms with E-state index < -0.39 is 16.6 Å². The molecule has 0 saturated carbocycles. The van der Waals surface area contributed by atoms with Crippen LogP contribution < -0.4 is 9.64 Å². The minimum Gasteiger partial charge on any atom is -0.605 e. The van der Waals surface area contributed by atoms with Crippen LogP contribution in [0.4, 0.5) is 14.9 Å². The summed E-state index contributed by atoms with van der Waals surface area (Å²) in [7, 11) is 2.71. The van der Waals surface area contributed by atoms with Crippen molar-refractivity contribution in [2.45, 2.75) is 6.61 Å². The summed E-state index contributed by atoms with van der Waals surface area (Å²) >= 11 is 5.83. The predicted octanol–water partition coefficient (Wildman–Crippen LogP) is 3.75. The van der Waals surface area contributed by atoms with E-state index in [2.05, 4.69) is 0 Å². The van der Waals surface area contributed by atoms with Gasteiger partial charge in [0.25, 0.3) is 0 Å². The molecule has 1 fully saturated rings. The number of anilines is 1. The van der Waals surface area contributed by atoms with Gasteiger partial charge < -0.3 is 9.94 Å². The van der Waals surface area contributed by atoms with Crippen LogP contribution in [-0.4, -0.2) is 36.6 Å². The van der Waals surface area contributed by atoms with Crippen molar-refractivity contribution in [1.82, 2.24) is 5.01 Å². The van der Waals surface area contributed by atoms with Gasteiger partial charge in [-0.3, -0.25) is 0 Å². The molecule has 8 heteroatoms. The Morgan fingerprint density at radius 3 is 2.56 bits per heavy atom. The van der Waals surface area contributed by atoms with Gasteiger partial charge in [-0.15, -0.1) is 0 Å². The molecular weight excluding hydrogens is 349 g/mol. The lowest BCUT2D eigenvalue weighted by Gasteiger charge is -2.35. The number of amides is 2. The minimum atomic E-state index is -0.922. The van der Waals surface area contributed by atoms with Crippen molar-refractivity contribution in [2.75, 3.05) is 25.7 Å². The number of quaternary nitrogens is 1. The predicted molar refractivity (Wildman–Crippen MR) is 92.2 cm³/mol. The number of hydrogen-bond acceptors (Lipinski definition) is 3. The smallest absolute Gasteiger partial charge is 0.373 e. The van der Waals surface area contributed by atoms with Gasteiger partial charge in [-0.25, -0.2) is 18.8 Å². The van der Waals surface area contributed by atoms with Crippen molar-refractivity contribution in [3.63, 3.8) is 0 Å². The zero-order valence-electron chi connectivity index (χ0n) is 13.8. The first-order valence-electron chi connectivity index (χ1n) is 7.57. The molecule has 1 unspecified atom stereocenters. The summed E-state index contributed by atoms with van der Waals surface area (Å²) in [6, 6.07) is 10.9. The van der Waals surface area contributed by atoms with Crippen LogP contribution in [-0.2, 0) is 6.61 Å². The number of hydrogen-bond donors (Lipinski definition) is 0. The normalized spacial score (nSPS) is 20.3. The first-order chi connectivity index (χ1) is 11.8. The van der Waals surface area contributed by atoms with Gasteiger partial charge in [0, 0.05) is 5.02 Å². The van der Waals surface area contributed by atoms with Crippen LogP contribution in [0.2, 0.25) is 5.02 Å². The molecule has 0 spiro atoms. The maximum atomic E-state index is 14.8. The van der Waals surface area contributed by atoms with Gasteiger partial charge in [0.2, 0.25) is 0 Å².